The summed E-state index contributed by atoms with van der Waals surface area (Å²) in [6, 6.07) is 8.33. The number of benzene rings is 1. The molecule has 2 aromatic heterocycles. The van der Waals surface area contributed by atoms with Crippen LogP contribution in [0.3, 0.4) is 0 Å². The van der Waals surface area contributed by atoms with Crippen molar-refractivity contribution >= 4 is 33.1 Å². The lowest BCUT2D eigenvalue weighted by Crippen LogP contribution is -2.09. The van der Waals surface area contributed by atoms with Crippen LogP contribution < -0.4 is 5.32 Å². The minimum absolute atomic E-state index is 0.779. The van der Waals surface area contributed by atoms with Gasteiger partial charge in [0.2, 0.25) is 0 Å². The fourth-order valence-corrected chi connectivity index (χ4v) is 4.56. The summed E-state index contributed by atoms with van der Waals surface area (Å²) in [7, 11) is 0. The molecular formula is C18H19N3S. The summed E-state index contributed by atoms with van der Waals surface area (Å²) in [5, 5.41) is 4.75. The number of nitrogens with zero attached hydrogens (tertiary/aromatic N) is 2. The summed E-state index contributed by atoms with van der Waals surface area (Å²) in [4.78, 5) is 11.6. The normalized spacial score (nSPS) is 17.5. The van der Waals surface area contributed by atoms with Crippen LogP contribution in [-0.4, -0.2) is 9.97 Å². The molecule has 0 unspecified atom stereocenters. The standard InChI is InChI=1S/C18H19N3S/c1-11-7-8-13-15(9-11)22-18-16(13)17(19-10-20-18)21-14-6-4-3-5-12(14)2/h3-6,10-11H,7-9H2,1-2H3,(H,19,20,21)/t11-/m0/s1. The van der Waals surface area contributed by atoms with Gasteiger partial charge >= 0.3 is 0 Å². The van der Waals surface area contributed by atoms with E-state index < -0.39 is 0 Å². The molecule has 1 aromatic carbocycles. The fraction of sp³-hybridized carbons (Fsp3) is 0.333. The van der Waals surface area contributed by atoms with Crippen molar-refractivity contribution in [1.29, 1.82) is 0 Å². The number of hydrogen-bond donors (Lipinski definition) is 1. The Morgan fingerprint density at radius 1 is 1.23 bits per heavy atom. The Balaban J connectivity index is 1.83. The van der Waals surface area contributed by atoms with E-state index in [1.165, 1.54) is 34.2 Å². The van der Waals surface area contributed by atoms with E-state index in [9.17, 15) is 0 Å². The van der Waals surface area contributed by atoms with Crippen LogP contribution in [0.4, 0.5) is 11.5 Å². The summed E-state index contributed by atoms with van der Waals surface area (Å²) < 4.78 is 0. The summed E-state index contributed by atoms with van der Waals surface area (Å²) in [6.45, 7) is 4.46. The van der Waals surface area contributed by atoms with Crippen molar-refractivity contribution in [3.05, 3.63) is 46.6 Å². The number of rotatable bonds is 2. The molecule has 0 fully saturated rings. The molecule has 0 amide bonds. The zero-order valence-electron chi connectivity index (χ0n) is 12.9. The maximum atomic E-state index is 4.53. The third kappa shape index (κ3) is 2.28. The van der Waals surface area contributed by atoms with Gasteiger partial charge in [0.25, 0.3) is 0 Å². The first-order chi connectivity index (χ1) is 10.7. The molecule has 1 N–H and O–H groups in total. The number of anilines is 2. The van der Waals surface area contributed by atoms with Gasteiger partial charge in [0.1, 0.15) is 17.0 Å². The number of para-hydroxylation sites is 1. The van der Waals surface area contributed by atoms with Gasteiger partial charge in [-0.1, -0.05) is 25.1 Å². The third-order valence-electron chi connectivity index (χ3n) is 4.49. The van der Waals surface area contributed by atoms with Crippen LogP contribution in [0.15, 0.2) is 30.6 Å². The minimum Gasteiger partial charge on any atom is -0.339 e. The first-order valence-corrected chi connectivity index (χ1v) is 8.62. The number of thiophene rings is 1. The Morgan fingerprint density at radius 2 is 2.09 bits per heavy atom. The molecule has 1 aliphatic rings. The average Bonchev–Trinajstić information content (AvgIpc) is 2.88. The molecule has 1 aliphatic carbocycles. The van der Waals surface area contributed by atoms with Gasteiger partial charge in [-0.05, 0) is 49.3 Å². The number of fused-ring (bicyclic) bond motifs is 3. The molecule has 4 heteroatoms. The van der Waals surface area contributed by atoms with Gasteiger partial charge in [-0.2, -0.15) is 0 Å². The lowest BCUT2D eigenvalue weighted by atomic mass is 9.89. The van der Waals surface area contributed by atoms with Crippen LogP contribution in [0, 0.1) is 12.8 Å². The van der Waals surface area contributed by atoms with Gasteiger partial charge in [0.05, 0.1) is 5.39 Å². The molecule has 0 bridgehead atoms. The largest absolute Gasteiger partial charge is 0.339 e. The van der Waals surface area contributed by atoms with E-state index in [0.717, 1.165) is 28.7 Å². The Kier molecular flexibility index (Phi) is 3.34. The van der Waals surface area contributed by atoms with Gasteiger partial charge in [-0.15, -0.1) is 11.3 Å². The molecule has 22 heavy (non-hydrogen) atoms. The average molecular weight is 309 g/mol. The molecule has 3 nitrogen and oxygen atoms in total. The number of aryl methyl sites for hydroxylation is 2. The number of nitrogens with one attached hydrogen (secondary N) is 1. The fourth-order valence-electron chi connectivity index (χ4n) is 3.21. The molecule has 0 spiro atoms. The quantitative estimate of drug-likeness (QED) is 0.734. The van der Waals surface area contributed by atoms with Gasteiger partial charge in [0, 0.05) is 10.6 Å². The number of aromatic nitrogens is 2. The van der Waals surface area contributed by atoms with Crippen LogP contribution in [0.2, 0.25) is 0 Å². The van der Waals surface area contributed by atoms with Crippen molar-refractivity contribution in [1.82, 2.24) is 9.97 Å². The molecule has 0 saturated heterocycles. The Labute approximate surface area is 134 Å². The van der Waals surface area contributed by atoms with E-state index in [2.05, 4.69) is 53.4 Å². The van der Waals surface area contributed by atoms with E-state index in [-0.39, 0.29) is 0 Å². The predicted octanol–water partition coefficient (Wildman–Crippen LogP) is 4.87. The van der Waals surface area contributed by atoms with Crippen LogP contribution in [0.1, 0.15) is 29.3 Å². The second-order valence-corrected chi connectivity index (χ2v) is 7.28. The highest BCUT2D eigenvalue weighted by molar-refractivity contribution is 7.19. The van der Waals surface area contributed by atoms with Crippen molar-refractivity contribution in [3.63, 3.8) is 0 Å². The zero-order chi connectivity index (χ0) is 15.1. The molecular weight excluding hydrogens is 290 g/mol. The van der Waals surface area contributed by atoms with E-state index in [1.807, 2.05) is 11.3 Å². The topological polar surface area (TPSA) is 37.8 Å². The second kappa shape index (κ2) is 5.36. The van der Waals surface area contributed by atoms with Crippen LogP contribution >= 0.6 is 11.3 Å². The lowest BCUT2D eigenvalue weighted by molar-refractivity contribution is 0.509. The Morgan fingerprint density at radius 3 is 2.95 bits per heavy atom. The first kappa shape index (κ1) is 13.7. The smallest absolute Gasteiger partial charge is 0.142 e. The SMILES string of the molecule is Cc1ccccc1Nc1ncnc2sc3c(c12)CC[C@H](C)C3. The monoisotopic (exact) mass is 309 g/mol. The van der Waals surface area contributed by atoms with Gasteiger partial charge in [-0.3, -0.25) is 0 Å². The molecule has 4 rings (SSSR count). The van der Waals surface area contributed by atoms with Gasteiger partial charge in [0.15, 0.2) is 0 Å². The highest BCUT2D eigenvalue weighted by atomic mass is 32.1. The van der Waals surface area contributed by atoms with Crippen molar-refractivity contribution in [2.75, 3.05) is 5.32 Å². The summed E-state index contributed by atoms with van der Waals surface area (Å²) in [6.07, 6.45) is 5.26. The predicted molar refractivity (Wildman–Crippen MR) is 93.1 cm³/mol. The minimum atomic E-state index is 0.779. The van der Waals surface area contributed by atoms with Crippen molar-refractivity contribution in [2.45, 2.75) is 33.1 Å². The molecule has 1 atom stereocenters. The summed E-state index contributed by atoms with van der Waals surface area (Å²) in [5.41, 5.74) is 3.81. The van der Waals surface area contributed by atoms with Crippen LogP contribution in [0.25, 0.3) is 10.2 Å². The van der Waals surface area contributed by atoms with E-state index in [4.69, 9.17) is 0 Å². The zero-order valence-corrected chi connectivity index (χ0v) is 13.7. The van der Waals surface area contributed by atoms with Gasteiger partial charge in [-0.25, -0.2) is 9.97 Å². The highest BCUT2D eigenvalue weighted by Crippen LogP contribution is 2.40. The maximum absolute atomic E-state index is 4.53. The highest BCUT2D eigenvalue weighted by Gasteiger charge is 2.23. The Hall–Kier alpha value is -1.94. The molecule has 2 heterocycles. The van der Waals surface area contributed by atoms with Crippen molar-refractivity contribution < 1.29 is 0 Å². The van der Waals surface area contributed by atoms with Gasteiger partial charge < -0.3 is 5.32 Å². The van der Waals surface area contributed by atoms with Crippen LogP contribution in [0.5, 0.6) is 0 Å². The molecule has 0 aliphatic heterocycles. The maximum Gasteiger partial charge on any atom is 0.142 e. The van der Waals surface area contributed by atoms with Crippen molar-refractivity contribution in [2.24, 2.45) is 5.92 Å². The second-order valence-electron chi connectivity index (χ2n) is 6.19. The van der Waals surface area contributed by atoms with E-state index >= 15 is 0 Å². The summed E-state index contributed by atoms with van der Waals surface area (Å²) in [5.74, 6) is 1.73. The van der Waals surface area contributed by atoms with Crippen molar-refractivity contribution in [3.8, 4) is 0 Å². The first-order valence-electron chi connectivity index (χ1n) is 7.80. The number of hydrogen-bond acceptors (Lipinski definition) is 4. The van der Waals surface area contributed by atoms with E-state index in [0.29, 0.717) is 0 Å². The molecule has 112 valence electrons. The Bertz CT molecular complexity index is 837. The van der Waals surface area contributed by atoms with Crippen LogP contribution in [-0.2, 0) is 12.8 Å². The lowest BCUT2D eigenvalue weighted by Gasteiger charge is -2.18. The molecule has 0 radical (unpaired) electrons. The summed E-state index contributed by atoms with van der Waals surface area (Å²) >= 11 is 1.84. The molecule has 0 saturated carbocycles. The van der Waals surface area contributed by atoms with E-state index in [1.54, 1.807) is 6.33 Å². The molecule has 3 aromatic rings. The third-order valence-corrected chi connectivity index (χ3v) is 5.65.